The molecule has 1 saturated heterocycles. The van der Waals surface area contributed by atoms with Gasteiger partial charge in [0.2, 0.25) is 5.91 Å². The highest BCUT2D eigenvalue weighted by Gasteiger charge is 2.31. The SMILES string of the molecule is COc1ccc(N2CC(C(=O)[O-])CC2=O)cc1. The predicted molar refractivity (Wildman–Crippen MR) is 58.5 cm³/mol. The van der Waals surface area contributed by atoms with Crippen LogP contribution in [0.3, 0.4) is 0 Å². The van der Waals surface area contributed by atoms with Gasteiger partial charge in [-0.3, -0.25) is 4.79 Å². The van der Waals surface area contributed by atoms with Gasteiger partial charge in [-0.15, -0.1) is 0 Å². The molecule has 0 aliphatic carbocycles. The average molecular weight is 234 g/mol. The van der Waals surface area contributed by atoms with Gasteiger partial charge in [-0.2, -0.15) is 0 Å². The molecule has 90 valence electrons. The summed E-state index contributed by atoms with van der Waals surface area (Å²) in [7, 11) is 1.56. The monoisotopic (exact) mass is 234 g/mol. The van der Waals surface area contributed by atoms with Gasteiger partial charge < -0.3 is 19.5 Å². The summed E-state index contributed by atoms with van der Waals surface area (Å²) in [4.78, 5) is 23.8. The van der Waals surface area contributed by atoms with Crippen molar-refractivity contribution in [3.63, 3.8) is 0 Å². The third-order valence-corrected chi connectivity index (χ3v) is 2.84. The average Bonchev–Trinajstić information content (AvgIpc) is 2.72. The number of methoxy groups -OCH3 is 1. The van der Waals surface area contributed by atoms with Gasteiger partial charge in [0.25, 0.3) is 0 Å². The van der Waals surface area contributed by atoms with Crippen LogP contribution in [0.25, 0.3) is 0 Å². The summed E-state index contributed by atoms with van der Waals surface area (Å²) < 4.78 is 5.01. The first kappa shape index (κ1) is 11.4. The molecule has 2 rings (SSSR count). The van der Waals surface area contributed by atoms with Crippen molar-refractivity contribution < 1.29 is 19.4 Å². The molecule has 1 atom stereocenters. The molecule has 0 radical (unpaired) electrons. The van der Waals surface area contributed by atoms with Gasteiger partial charge in [0.1, 0.15) is 5.75 Å². The fourth-order valence-electron chi connectivity index (χ4n) is 1.88. The van der Waals surface area contributed by atoms with E-state index in [9.17, 15) is 14.7 Å². The molecule has 1 amide bonds. The van der Waals surface area contributed by atoms with Gasteiger partial charge in [0, 0.05) is 30.5 Å². The highest BCUT2D eigenvalue weighted by molar-refractivity contribution is 5.98. The Morgan fingerprint density at radius 3 is 2.53 bits per heavy atom. The number of anilines is 1. The van der Waals surface area contributed by atoms with Crippen molar-refractivity contribution in [1.82, 2.24) is 0 Å². The molecule has 17 heavy (non-hydrogen) atoms. The Hall–Kier alpha value is -2.04. The number of amides is 1. The zero-order chi connectivity index (χ0) is 12.4. The molecular formula is C12H12NO4-. The van der Waals surface area contributed by atoms with Gasteiger partial charge >= 0.3 is 0 Å². The van der Waals surface area contributed by atoms with E-state index < -0.39 is 11.9 Å². The van der Waals surface area contributed by atoms with Crippen LogP contribution in [0.2, 0.25) is 0 Å². The van der Waals surface area contributed by atoms with Crippen molar-refractivity contribution in [2.45, 2.75) is 6.42 Å². The van der Waals surface area contributed by atoms with E-state index in [0.717, 1.165) is 0 Å². The lowest BCUT2D eigenvalue weighted by atomic mass is 10.1. The number of carboxylic acids is 1. The predicted octanol–water partition coefficient (Wildman–Crippen LogP) is -0.202. The molecule has 0 saturated carbocycles. The summed E-state index contributed by atoms with van der Waals surface area (Å²) >= 11 is 0. The number of carboxylic acid groups (broad SMARTS) is 1. The molecule has 1 aromatic rings. The van der Waals surface area contributed by atoms with Crippen molar-refractivity contribution in [2.24, 2.45) is 5.92 Å². The molecule has 1 aliphatic heterocycles. The van der Waals surface area contributed by atoms with E-state index in [1.54, 1.807) is 31.4 Å². The van der Waals surface area contributed by atoms with Crippen molar-refractivity contribution in [3.8, 4) is 5.75 Å². The van der Waals surface area contributed by atoms with Crippen molar-refractivity contribution in [2.75, 3.05) is 18.6 Å². The first-order valence-corrected chi connectivity index (χ1v) is 5.27. The molecule has 1 aromatic carbocycles. The molecular weight excluding hydrogens is 222 g/mol. The first-order valence-electron chi connectivity index (χ1n) is 5.27. The van der Waals surface area contributed by atoms with Gasteiger partial charge in [0.05, 0.1) is 7.11 Å². The number of ether oxygens (including phenoxy) is 1. The summed E-state index contributed by atoms with van der Waals surface area (Å²) in [6.45, 7) is 0.174. The third-order valence-electron chi connectivity index (χ3n) is 2.84. The highest BCUT2D eigenvalue weighted by Crippen LogP contribution is 2.26. The number of benzene rings is 1. The van der Waals surface area contributed by atoms with Crippen LogP contribution < -0.4 is 14.7 Å². The first-order chi connectivity index (χ1) is 8.11. The molecule has 1 fully saturated rings. The normalized spacial score (nSPS) is 19.5. The standard InChI is InChI=1S/C12H13NO4/c1-17-10-4-2-9(3-5-10)13-7-8(12(15)16)6-11(13)14/h2-5,8H,6-7H2,1H3,(H,15,16)/p-1. The van der Waals surface area contributed by atoms with Crippen LogP contribution in [0.4, 0.5) is 5.69 Å². The lowest BCUT2D eigenvalue weighted by molar-refractivity contribution is -0.310. The number of hydrogen-bond donors (Lipinski definition) is 0. The Balaban J connectivity index is 2.17. The van der Waals surface area contributed by atoms with Crippen LogP contribution in [0.5, 0.6) is 5.75 Å². The lowest BCUT2D eigenvalue weighted by Crippen LogP contribution is -2.33. The van der Waals surface area contributed by atoms with Crippen molar-refractivity contribution >= 4 is 17.6 Å². The second-order valence-electron chi connectivity index (χ2n) is 3.92. The van der Waals surface area contributed by atoms with E-state index in [2.05, 4.69) is 0 Å². The van der Waals surface area contributed by atoms with E-state index >= 15 is 0 Å². The second kappa shape index (κ2) is 4.45. The minimum atomic E-state index is -1.17. The minimum absolute atomic E-state index is 0.00830. The lowest BCUT2D eigenvalue weighted by Gasteiger charge is -2.17. The Kier molecular flexibility index (Phi) is 2.99. The fraction of sp³-hybridized carbons (Fsp3) is 0.333. The molecule has 1 aliphatic rings. The van der Waals surface area contributed by atoms with Gasteiger partial charge in [-0.05, 0) is 24.3 Å². The molecule has 0 bridgehead atoms. The molecule has 1 unspecified atom stereocenters. The van der Waals surface area contributed by atoms with Crippen LogP contribution in [-0.2, 0) is 9.59 Å². The maximum Gasteiger partial charge on any atom is 0.227 e. The summed E-state index contributed by atoms with van der Waals surface area (Å²) in [6.07, 6.45) is 0.00830. The quantitative estimate of drug-likeness (QED) is 0.726. The van der Waals surface area contributed by atoms with Crippen LogP contribution in [0.15, 0.2) is 24.3 Å². The van der Waals surface area contributed by atoms with Crippen molar-refractivity contribution in [1.29, 1.82) is 0 Å². The van der Waals surface area contributed by atoms with Crippen molar-refractivity contribution in [3.05, 3.63) is 24.3 Å². The molecule has 1 heterocycles. The number of aliphatic carboxylic acids is 1. The van der Waals surface area contributed by atoms with Gasteiger partial charge in [-0.25, -0.2) is 0 Å². The van der Waals surface area contributed by atoms with Gasteiger partial charge in [-0.1, -0.05) is 0 Å². The molecule has 5 nitrogen and oxygen atoms in total. The van der Waals surface area contributed by atoms with Crippen LogP contribution in [-0.4, -0.2) is 25.5 Å². The summed E-state index contributed by atoms with van der Waals surface area (Å²) in [5.41, 5.74) is 0.680. The van der Waals surface area contributed by atoms with Gasteiger partial charge in [0.15, 0.2) is 0 Å². The van der Waals surface area contributed by atoms with Crippen LogP contribution in [0, 0.1) is 5.92 Å². The Bertz CT molecular complexity index is 440. The molecule has 0 spiro atoms. The van der Waals surface area contributed by atoms with E-state index in [1.165, 1.54) is 4.90 Å². The topological polar surface area (TPSA) is 69.7 Å². The smallest absolute Gasteiger partial charge is 0.227 e. The fourth-order valence-corrected chi connectivity index (χ4v) is 1.88. The zero-order valence-electron chi connectivity index (χ0n) is 9.38. The zero-order valence-corrected chi connectivity index (χ0v) is 9.38. The highest BCUT2D eigenvalue weighted by atomic mass is 16.5. The summed E-state index contributed by atoms with van der Waals surface area (Å²) in [5.74, 6) is -1.39. The summed E-state index contributed by atoms with van der Waals surface area (Å²) in [5, 5.41) is 10.7. The second-order valence-corrected chi connectivity index (χ2v) is 3.92. The number of carbonyl (C=O) groups is 2. The van der Waals surface area contributed by atoms with E-state index in [4.69, 9.17) is 4.74 Å². The molecule has 0 aromatic heterocycles. The Morgan fingerprint density at radius 2 is 2.06 bits per heavy atom. The van der Waals surface area contributed by atoms with E-state index in [1.807, 2.05) is 0 Å². The van der Waals surface area contributed by atoms with E-state index in [0.29, 0.717) is 11.4 Å². The molecule has 5 heteroatoms. The van der Waals surface area contributed by atoms with Crippen LogP contribution in [0.1, 0.15) is 6.42 Å². The maximum absolute atomic E-state index is 11.6. The third kappa shape index (κ3) is 2.22. The van der Waals surface area contributed by atoms with E-state index in [-0.39, 0.29) is 18.9 Å². The molecule has 0 N–H and O–H groups in total. The maximum atomic E-state index is 11.6. The number of nitrogens with zero attached hydrogens (tertiary/aromatic N) is 1. The minimum Gasteiger partial charge on any atom is -0.550 e. The Morgan fingerprint density at radius 1 is 1.41 bits per heavy atom. The van der Waals surface area contributed by atoms with Crippen LogP contribution >= 0.6 is 0 Å². The number of carbonyl (C=O) groups excluding carboxylic acids is 2. The summed E-state index contributed by atoms with van der Waals surface area (Å²) in [6, 6.07) is 6.92. The number of rotatable bonds is 3. The number of hydrogen-bond acceptors (Lipinski definition) is 4. The largest absolute Gasteiger partial charge is 0.550 e. The Labute approximate surface area is 98.6 Å².